The van der Waals surface area contributed by atoms with Crippen LogP contribution in [-0.2, 0) is 32.7 Å². The minimum Gasteiger partial charge on any atom is -0.462 e. The number of ether oxygens (including phenoxy) is 2. The van der Waals surface area contributed by atoms with Crippen LogP contribution in [-0.4, -0.2) is 74.9 Å². The summed E-state index contributed by atoms with van der Waals surface area (Å²) in [6.07, 6.45) is 128. The summed E-state index contributed by atoms with van der Waals surface area (Å²) in [6, 6.07) is 0. The maximum atomic E-state index is 12.9. The van der Waals surface area contributed by atoms with Crippen molar-refractivity contribution in [1.29, 1.82) is 0 Å². The number of phosphoric ester groups is 1. The highest BCUT2D eigenvalue weighted by Crippen LogP contribution is 2.43. The average molecular weight is 1390 g/mol. The molecular formula is C90H137NO8P+. The fourth-order valence-electron chi connectivity index (χ4n) is 9.02. The number of unbranched alkanes of at least 4 members (excludes halogenated alkanes) is 8. The van der Waals surface area contributed by atoms with E-state index in [4.69, 9.17) is 18.5 Å². The summed E-state index contributed by atoms with van der Waals surface area (Å²) < 4.78 is 34.7. The van der Waals surface area contributed by atoms with E-state index in [1.165, 1.54) is 0 Å². The highest BCUT2D eigenvalue weighted by atomic mass is 31.2. The van der Waals surface area contributed by atoms with Gasteiger partial charge in [-0.2, -0.15) is 0 Å². The number of nitrogens with zero attached hydrogens (tertiary/aromatic N) is 1. The Morgan fingerprint density at radius 1 is 0.310 bits per heavy atom. The molecule has 0 amide bonds. The van der Waals surface area contributed by atoms with Gasteiger partial charge in [0.2, 0.25) is 0 Å². The zero-order valence-electron chi connectivity index (χ0n) is 63.1. The van der Waals surface area contributed by atoms with Crippen LogP contribution in [0.25, 0.3) is 0 Å². The van der Waals surface area contributed by atoms with Crippen molar-refractivity contribution in [3.63, 3.8) is 0 Å². The van der Waals surface area contributed by atoms with Gasteiger partial charge in [-0.25, -0.2) is 4.57 Å². The molecule has 2 atom stereocenters. The third-order valence-electron chi connectivity index (χ3n) is 14.8. The first-order valence-electron chi connectivity index (χ1n) is 38.1. The molecule has 9 nitrogen and oxygen atoms in total. The molecule has 100 heavy (non-hydrogen) atoms. The number of allylic oxidation sites excluding steroid dienone is 44. The molecule has 0 heterocycles. The molecule has 10 heteroatoms. The molecule has 0 aliphatic carbocycles. The number of likely N-dealkylation sites (N-methyl/N-ethyl adjacent to an activating group) is 1. The summed E-state index contributed by atoms with van der Waals surface area (Å²) in [5.74, 6) is -0.880. The maximum absolute atomic E-state index is 12.9. The molecular weight excluding hydrogens is 1250 g/mol. The predicted octanol–water partition coefficient (Wildman–Crippen LogP) is 25.8. The van der Waals surface area contributed by atoms with E-state index in [9.17, 15) is 19.0 Å². The van der Waals surface area contributed by atoms with Crippen LogP contribution in [0.2, 0.25) is 0 Å². The SMILES string of the molecule is CC/C=C\C/C=C\C/C=C\C/C=C\C/C=C\C/C=C\C/C=C\C/C=C\C/C=C\C/C=C\C/C=C\C/C=C\CCCCCCC(=O)OC(COC(=O)CCCCCC/C=C\C/C=C\C/C=C\C/C=C\C/C=C\C/C=C\C/C=C\C/C=C\C/C=C\C/C=C\CC)COP(=O)(O)OCC[N+](C)(C)C. The van der Waals surface area contributed by atoms with Gasteiger partial charge in [-0.15, -0.1) is 0 Å². The van der Waals surface area contributed by atoms with Crippen LogP contribution < -0.4 is 0 Å². The largest absolute Gasteiger partial charge is 0.472 e. The zero-order valence-corrected chi connectivity index (χ0v) is 63.9. The normalized spacial score (nSPS) is 14.6. The van der Waals surface area contributed by atoms with Crippen LogP contribution in [0.15, 0.2) is 267 Å². The van der Waals surface area contributed by atoms with E-state index in [0.717, 1.165) is 193 Å². The van der Waals surface area contributed by atoms with Gasteiger partial charge in [0.25, 0.3) is 0 Å². The zero-order chi connectivity index (χ0) is 72.5. The van der Waals surface area contributed by atoms with Gasteiger partial charge in [0.05, 0.1) is 27.7 Å². The molecule has 0 aliphatic heterocycles. The van der Waals surface area contributed by atoms with Crippen molar-refractivity contribution in [3.05, 3.63) is 267 Å². The van der Waals surface area contributed by atoms with Crippen LogP contribution in [0.1, 0.15) is 232 Å². The number of rotatable bonds is 66. The summed E-state index contributed by atoms with van der Waals surface area (Å²) in [4.78, 5) is 35.9. The summed E-state index contributed by atoms with van der Waals surface area (Å²) in [5, 5.41) is 0. The average Bonchev–Trinajstić information content (AvgIpc) is 1.30. The number of carbonyl (C=O) groups excluding carboxylic acids is 2. The topological polar surface area (TPSA) is 108 Å². The van der Waals surface area contributed by atoms with Crippen molar-refractivity contribution < 1.29 is 42.1 Å². The molecule has 0 aromatic carbocycles. The first-order valence-corrected chi connectivity index (χ1v) is 39.6. The van der Waals surface area contributed by atoms with Gasteiger partial charge in [0.15, 0.2) is 6.10 Å². The Bertz CT molecular complexity index is 2700. The van der Waals surface area contributed by atoms with E-state index < -0.39 is 32.5 Å². The number of esters is 2. The van der Waals surface area contributed by atoms with Crippen LogP contribution in [0.5, 0.6) is 0 Å². The molecule has 1 N–H and O–H groups in total. The summed E-state index contributed by atoms with van der Waals surface area (Å²) >= 11 is 0. The summed E-state index contributed by atoms with van der Waals surface area (Å²) in [6.45, 7) is 4.10. The molecule has 2 unspecified atom stereocenters. The van der Waals surface area contributed by atoms with Gasteiger partial charge >= 0.3 is 19.8 Å². The molecule has 0 saturated carbocycles. The van der Waals surface area contributed by atoms with E-state index in [1.807, 2.05) is 21.1 Å². The molecule has 0 radical (unpaired) electrons. The number of carbonyl (C=O) groups is 2. The smallest absolute Gasteiger partial charge is 0.462 e. The molecule has 554 valence electrons. The standard InChI is InChI=1S/C90H136NO8P/c1-6-8-10-12-14-16-18-20-22-24-26-28-30-32-34-36-38-40-42-43-44-45-46-47-49-51-53-55-57-59-61-63-65-67-69-71-73-75-77-79-81-83-90(93)99-88(87-98-100(94,95)97-85-84-91(3,4)5)86-96-89(92)82-80-78-76-74-72-70-68-66-64-62-60-58-56-54-52-50-48-41-39-37-35-33-31-29-27-25-23-21-19-17-15-13-11-9-7-2/h8-11,14-17,20-23,26-29,32-35,38-41,43-44,46-47,50-53,56-59,62-65,68-71,88H,6-7,12-13,18-19,24-25,30-31,36-37,42,45,48-49,54-55,60-61,66-67,72-87H2,1-5H3/p+1/b10-8-,11-9-,16-14-,17-15-,22-20-,23-21-,28-26-,29-27-,34-32-,35-33-,40-38-,41-39-,44-43-,47-46-,52-50-,53-51-,58-56-,59-57-,64-62-,65-63-,70-68-,71-69-. The lowest BCUT2D eigenvalue weighted by atomic mass is 10.1. The summed E-state index contributed by atoms with van der Waals surface area (Å²) in [5.41, 5.74) is 0. The fourth-order valence-corrected chi connectivity index (χ4v) is 9.76. The number of hydrogen-bond acceptors (Lipinski definition) is 7. The van der Waals surface area contributed by atoms with Crippen molar-refractivity contribution in [2.45, 2.75) is 238 Å². The maximum Gasteiger partial charge on any atom is 0.472 e. The number of hydrogen-bond donors (Lipinski definition) is 1. The van der Waals surface area contributed by atoms with Crippen LogP contribution in [0.4, 0.5) is 0 Å². The molecule has 0 aliphatic rings. The molecule has 0 aromatic heterocycles. The Morgan fingerprint density at radius 3 is 0.790 bits per heavy atom. The third-order valence-corrected chi connectivity index (χ3v) is 15.7. The number of quaternary nitrogens is 1. The van der Waals surface area contributed by atoms with Crippen molar-refractivity contribution in [3.8, 4) is 0 Å². The third kappa shape index (κ3) is 80.3. The highest BCUT2D eigenvalue weighted by molar-refractivity contribution is 7.47. The van der Waals surface area contributed by atoms with Crippen LogP contribution in [0, 0.1) is 0 Å². The monoisotopic (exact) mass is 1390 g/mol. The Kier molecular flexibility index (Phi) is 71.3. The van der Waals surface area contributed by atoms with Gasteiger partial charge in [-0.05, 0) is 180 Å². The second-order valence-corrected chi connectivity index (χ2v) is 26.7. The molecule has 0 rings (SSSR count). The molecule has 0 aromatic rings. The fraction of sp³-hybridized carbons (Fsp3) is 0.489. The highest BCUT2D eigenvalue weighted by Gasteiger charge is 2.27. The first-order chi connectivity index (χ1) is 49.0. The van der Waals surface area contributed by atoms with Crippen LogP contribution in [0.3, 0.4) is 0 Å². The predicted molar refractivity (Wildman–Crippen MR) is 435 cm³/mol. The Hall–Kier alpha value is -6.71. The molecule has 0 bridgehead atoms. The lowest BCUT2D eigenvalue weighted by Crippen LogP contribution is -2.37. The van der Waals surface area contributed by atoms with E-state index >= 15 is 0 Å². The number of phosphoric acid groups is 1. The van der Waals surface area contributed by atoms with E-state index in [0.29, 0.717) is 23.9 Å². The minimum absolute atomic E-state index is 0.00613. The lowest BCUT2D eigenvalue weighted by Gasteiger charge is -2.24. The molecule has 0 saturated heterocycles. The second kappa shape index (κ2) is 76.5. The quantitative estimate of drug-likeness (QED) is 0.0211. The van der Waals surface area contributed by atoms with E-state index in [2.05, 4.69) is 281 Å². The van der Waals surface area contributed by atoms with E-state index in [1.54, 1.807) is 0 Å². The van der Waals surface area contributed by atoms with E-state index in [-0.39, 0.29) is 26.1 Å². The van der Waals surface area contributed by atoms with Gasteiger partial charge in [0.1, 0.15) is 19.8 Å². The Labute approximate surface area is 611 Å². The van der Waals surface area contributed by atoms with Crippen molar-refractivity contribution in [2.75, 3.05) is 47.5 Å². The summed E-state index contributed by atoms with van der Waals surface area (Å²) in [7, 11) is 1.40. The van der Waals surface area contributed by atoms with Crippen molar-refractivity contribution in [2.24, 2.45) is 0 Å². The molecule has 0 spiro atoms. The van der Waals surface area contributed by atoms with Crippen molar-refractivity contribution >= 4 is 19.8 Å². The van der Waals surface area contributed by atoms with Gasteiger partial charge < -0.3 is 18.9 Å². The molecule has 0 fully saturated rings. The first kappa shape index (κ1) is 93.3. The van der Waals surface area contributed by atoms with Gasteiger partial charge in [-0.3, -0.25) is 18.6 Å². The minimum atomic E-state index is -4.43. The lowest BCUT2D eigenvalue weighted by molar-refractivity contribution is -0.870. The van der Waals surface area contributed by atoms with Gasteiger partial charge in [0, 0.05) is 12.8 Å². The Morgan fingerprint density at radius 2 is 0.540 bits per heavy atom. The Balaban J connectivity index is 4.25. The second-order valence-electron chi connectivity index (χ2n) is 25.2. The van der Waals surface area contributed by atoms with Crippen molar-refractivity contribution in [1.82, 2.24) is 0 Å². The van der Waals surface area contributed by atoms with Crippen LogP contribution >= 0.6 is 7.82 Å². The van der Waals surface area contributed by atoms with Gasteiger partial charge in [-0.1, -0.05) is 307 Å².